The number of halogens is 3. The maximum Gasteiger partial charge on any atom is 0.416 e. The second kappa shape index (κ2) is 12.8. The van der Waals surface area contributed by atoms with Crippen LogP contribution in [0.15, 0.2) is 77.7 Å². The monoisotopic (exact) mass is 548 g/mol. The summed E-state index contributed by atoms with van der Waals surface area (Å²) in [5.74, 6) is 0.147. The quantitative estimate of drug-likeness (QED) is 0.293. The van der Waals surface area contributed by atoms with E-state index in [-0.39, 0.29) is 17.1 Å². The van der Waals surface area contributed by atoms with Crippen molar-refractivity contribution in [2.75, 3.05) is 24.0 Å². The van der Waals surface area contributed by atoms with Gasteiger partial charge in [0.05, 0.1) is 22.8 Å². The molecule has 0 heterocycles. The third-order valence-corrected chi connectivity index (χ3v) is 7.53. The molecule has 0 aromatic heterocycles. The van der Waals surface area contributed by atoms with Crippen molar-refractivity contribution in [3.8, 4) is 5.75 Å². The SMILES string of the molecule is CCCOc1ccccc1CCCNC(=O)CN(c1cccc(C(F)(F)F)c1)S(=O)(=O)c1ccc(C)cc1. The Morgan fingerprint density at radius 2 is 1.71 bits per heavy atom. The predicted molar refractivity (Wildman–Crippen MR) is 141 cm³/mol. The molecule has 0 atom stereocenters. The number of rotatable bonds is 12. The summed E-state index contributed by atoms with van der Waals surface area (Å²) in [6.45, 7) is 3.97. The summed E-state index contributed by atoms with van der Waals surface area (Å²) < 4.78 is 73.3. The first-order valence-corrected chi connectivity index (χ1v) is 13.7. The smallest absolute Gasteiger partial charge is 0.416 e. The van der Waals surface area contributed by atoms with Crippen molar-refractivity contribution in [3.05, 3.63) is 89.5 Å². The lowest BCUT2D eigenvalue weighted by Crippen LogP contribution is -2.41. The number of benzene rings is 3. The fraction of sp³-hybridized carbons (Fsp3) is 0.321. The van der Waals surface area contributed by atoms with Gasteiger partial charge >= 0.3 is 6.18 Å². The van der Waals surface area contributed by atoms with Crippen LogP contribution in [0.2, 0.25) is 0 Å². The fourth-order valence-electron chi connectivity index (χ4n) is 3.75. The van der Waals surface area contributed by atoms with Gasteiger partial charge in [-0.3, -0.25) is 9.10 Å². The number of sulfonamides is 1. The van der Waals surface area contributed by atoms with Crippen LogP contribution in [0.4, 0.5) is 18.9 Å². The summed E-state index contributed by atoms with van der Waals surface area (Å²) in [6, 6.07) is 17.4. The van der Waals surface area contributed by atoms with Crippen LogP contribution in [-0.4, -0.2) is 34.0 Å². The van der Waals surface area contributed by atoms with Crippen molar-refractivity contribution in [1.29, 1.82) is 0 Å². The number of alkyl halides is 3. The largest absolute Gasteiger partial charge is 0.493 e. The van der Waals surface area contributed by atoms with Crippen molar-refractivity contribution < 1.29 is 31.1 Å². The zero-order valence-electron chi connectivity index (χ0n) is 21.3. The van der Waals surface area contributed by atoms with E-state index in [4.69, 9.17) is 4.74 Å². The number of hydrogen-bond acceptors (Lipinski definition) is 4. The zero-order valence-corrected chi connectivity index (χ0v) is 22.1. The van der Waals surface area contributed by atoms with Gasteiger partial charge in [-0.25, -0.2) is 8.42 Å². The maximum absolute atomic E-state index is 13.4. The highest BCUT2D eigenvalue weighted by Gasteiger charge is 2.33. The van der Waals surface area contributed by atoms with Crippen LogP contribution in [-0.2, 0) is 27.4 Å². The van der Waals surface area contributed by atoms with Crippen LogP contribution in [0.3, 0.4) is 0 Å². The maximum atomic E-state index is 13.4. The topological polar surface area (TPSA) is 75.7 Å². The molecule has 3 aromatic rings. The molecule has 204 valence electrons. The summed E-state index contributed by atoms with van der Waals surface area (Å²) in [5, 5.41) is 2.69. The molecule has 0 radical (unpaired) electrons. The standard InChI is InChI=1S/C28H31F3N2O4S/c1-3-18-37-26-12-5-4-8-22(26)9-7-17-32-27(34)20-33(24-11-6-10-23(19-24)28(29,30)31)38(35,36)25-15-13-21(2)14-16-25/h4-6,8,10-16,19H,3,7,9,17-18,20H2,1-2H3,(H,32,34). The van der Waals surface area contributed by atoms with Gasteiger partial charge in [-0.15, -0.1) is 0 Å². The van der Waals surface area contributed by atoms with E-state index >= 15 is 0 Å². The second-order valence-corrected chi connectivity index (χ2v) is 10.6. The van der Waals surface area contributed by atoms with E-state index in [1.807, 2.05) is 31.2 Å². The Labute approximate surface area is 221 Å². The molecule has 3 rings (SSSR count). The lowest BCUT2D eigenvalue weighted by atomic mass is 10.1. The number of nitrogens with zero attached hydrogens (tertiary/aromatic N) is 1. The van der Waals surface area contributed by atoms with Gasteiger partial charge < -0.3 is 10.1 Å². The average molecular weight is 549 g/mol. The third-order valence-electron chi connectivity index (χ3n) is 5.74. The summed E-state index contributed by atoms with van der Waals surface area (Å²) in [5.41, 5.74) is 0.540. The van der Waals surface area contributed by atoms with Crippen molar-refractivity contribution in [2.45, 2.75) is 44.2 Å². The van der Waals surface area contributed by atoms with E-state index in [1.54, 1.807) is 19.1 Å². The number of amides is 1. The fourth-order valence-corrected chi connectivity index (χ4v) is 5.16. The Morgan fingerprint density at radius 3 is 2.39 bits per heavy atom. The Bertz CT molecular complexity index is 1330. The van der Waals surface area contributed by atoms with Crippen LogP contribution < -0.4 is 14.4 Å². The highest BCUT2D eigenvalue weighted by atomic mass is 32.2. The van der Waals surface area contributed by atoms with Crippen LogP contribution in [0.25, 0.3) is 0 Å². The Morgan fingerprint density at radius 1 is 1.00 bits per heavy atom. The number of aryl methyl sites for hydroxylation is 2. The van der Waals surface area contributed by atoms with Crippen molar-refractivity contribution in [2.24, 2.45) is 0 Å². The highest BCUT2D eigenvalue weighted by molar-refractivity contribution is 7.92. The van der Waals surface area contributed by atoms with Crippen LogP contribution >= 0.6 is 0 Å². The number of carbonyl (C=O) groups excluding carboxylic acids is 1. The molecule has 0 spiro atoms. The van der Waals surface area contributed by atoms with E-state index in [1.165, 1.54) is 18.2 Å². The highest BCUT2D eigenvalue weighted by Crippen LogP contribution is 2.33. The molecular formula is C28H31F3N2O4S. The number of ether oxygens (including phenoxy) is 1. The molecule has 1 N–H and O–H groups in total. The van der Waals surface area contributed by atoms with Gasteiger partial charge in [0, 0.05) is 6.54 Å². The Kier molecular flexibility index (Phi) is 9.79. The Hall–Kier alpha value is -3.53. The molecule has 0 aliphatic heterocycles. The van der Waals surface area contributed by atoms with E-state index in [0.717, 1.165) is 41.5 Å². The molecule has 38 heavy (non-hydrogen) atoms. The molecule has 0 bridgehead atoms. The minimum atomic E-state index is -4.67. The minimum absolute atomic E-state index is 0.128. The molecule has 3 aromatic carbocycles. The Balaban J connectivity index is 1.75. The van der Waals surface area contributed by atoms with Gasteiger partial charge in [-0.2, -0.15) is 13.2 Å². The number of para-hydroxylation sites is 1. The number of anilines is 1. The van der Waals surface area contributed by atoms with Gasteiger partial charge in [0.1, 0.15) is 12.3 Å². The first kappa shape index (κ1) is 29.0. The average Bonchev–Trinajstić information content (AvgIpc) is 2.89. The van der Waals surface area contributed by atoms with Crippen molar-refractivity contribution in [3.63, 3.8) is 0 Å². The molecular weight excluding hydrogens is 517 g/mol. The summed E-state index contributed by atoms with van der Waals surface area (Å²) in [4.78, 5) is 12.7. The van der Waals surface area contributed by atoms with Crippen LogP contribution in [0, 0.1) is 6.92 Å². The molecule has 0 saturated carbocycles. The first-order valence-electron chi connectivity index (χ1n) is 12.3. The van der Waals surface area contributed by atoms with E-state index < -0.39 is 34.2 Å². The van der Waals surface area contributed by atoms with E-state index in [9.17, 15) is 26.4 Å². The molecule has 0 aliphatic rings. The van der Waals surface area contributed by atoms with Gasteiger partial charge in [-0.05, 0) is 68.1 Å². The molecule has 0 unspecified atom stereocenters. The molecule has 0 saturated heterocycles. The number of hydrogen-bond donors (Lipinski definition) is 1. The van der Waals surface area contributed by atoms with Gasteiger partial charge in [0.2, 0.25) is 5.91 Å². The van der Waals surface area contributed by atoms with E-state index in [0.29, 0.717) is 23.8 Å². The molecule has 10 heteroatoms. The van der Waals surface area contributed by atoms with Gasteiger partial charge in [-0.1, -0.05) is 48.9 Å². The summed E-state index contributed by atoms with van der Waals surface area (Å²) in [6.07, 6.45) is -2.61. The molecule has 0 fully saturated rings. The summed E-state index contributed by atoms with van der Waals surface area (Å²) in [7, 11) is -4.33. The number of nitrogens with one attached hydrogen (secondary N) is 1. The lowest BCUT2D eigenvalue weighted by Gasteiger charge is -2.25. The van der Waals surface area contributed by atoms with Gasteiger partial charge in [0.15, 0.2) is 0 Å². The van der Waals surface area contributed by atoms with Crippen LogP contribution in [0.5, 0.6) is 5.75 Å². The van der Waals surface area contributed by atoms with Crippen molar-refractivity contribution >= 4 is 21.6 Å². The summed E-state index contributed by atoms with van der Waals surface area (Å²) >= 11 is 0. The second-order valence-electron chi connectivity index (χ2n) is 8.78. The number of carbonyl (C=O) groups is 1. The molecule has 0 aliphatic carbocycles. The van der Waals surface area contributed by atoms with Crippen LogP contribution in [0.1, 0.15) is 36.5 Å². The molecule has 1 amide bonds. The minimum Gasteiger partial charge on any atom is -0.493 e. The van der Waals surface area contributed by atoms with Crippen molar-refractivity contribution in [1.82, 2.24) is 5.32 Å². The van der Waals surface area contributed by atoms with E-state index in [2.05, 4.69) is 5.32 Å². The zero-order chi connectivity index (χ0) is 27.8. The first-order chi connectivity index (χ1) is 18.0. The third kappa shape index (κ3) is 7.74. The molecule has 6 nitrogen and oxygen atoms in total. The predicted octanol–water partition coefficient (Wildman–Crippen LogP) is 5.75. The lowest BCUT2D eigenvalue weighted by molar-refractivity contribution is -0.137. The van der Waals surface area contributed by atoms with Gasteiger partial charge in [0.25, 0.3) is 10.0 Å². The normalized spacial score (nSPS) is 11.7.